The number of hydrogen-bond donors (Lipinski definition) is 2. The van der Waals surface area contributed by atoms with E-state index in [1.807, 2.05) is 18.7 Å². The van der Waals surface area contributed by atoms with Crippen LogP contribution in [0, 0.1) is 6.92 Å². The van der Waals surface area contributed by atoms with Crippen LogP contribution in [0.15, 0.2) is 0 Å². The molecule has 1 fully saturated rings. The first-order valence-corrected chi connectivity index (χ1v) is 10.3. The van der Waals surface area contributed by atoms with Gasteiger partial charge in [-0.2, -0.15) is 0 Å². The molecule has 8 heteroatoms. The number of amides is 2. The van der Waals surface area contributed by atoms with E-state index in [9.17, 15) is 14.4 Å². The van der Waals surface area contributed by atoms with Crippen LogP contribution in [0.5, 0.6) is 0 Å². The van der Waals surface area contributed by atoms with Crippen LogP contribution < -0.4 is 11.1 Å². The Bertz CT molecular complexity index is 701. The first kappa shape index (κ1) is 21.4. The fraction of sp³-hybridized carbons (Fsp3) is 0.632. The van der Waals surface area contributed by atoms with Gasteiger partial charge in [-0.1, -0.05) is 13.3 Å². The average Bonchev–Trinajstić information content (AvgIpc) is 2.91. The van der Waals surface area contributed by atoms with Crippen molar-refractivity contribution in [2.75, 3.05) is 25.0 Å². The molecule has 1 aliphatic rings. The Balaban J connectivity index is 2.12. The second-order valence-electron chi connectivity index (χ2n) is 6.75. The van der Waals surface area contributed by atoms with Crippen LogP contribution in [0.1, 0.15) is 60.3 Å². The van der Waals surface area contributed by atoms with Crippen molar-refractivity contribution in [2.24, 2.45) is 5.73 Å². The summed E-state index contributed by atoms with van der Waals surface area (Å²) in [6.07, 6.45) is 3.85. The summed E-state index contributed by atoms with van der Waals surface area (Å²) in [6, 6.07) is 0.00259. The lowest BCUT2D eigenvalue weighted by molar-refractivity contribution is -0.122. The number of esters is 1. The van der Waals surface area contributed by atoms with Crippen LogP contribution in [0.25, 0.3) is 0 Å². The van der Waals surface area contributed by atoms with Gasteiger partial charge >= 0.3 is 5.97 Å². The Morgan fingerprint density at radius 3 is 2.67 bits per heavy atom. The molecule has 27 heavy (non-hydrogen) atoms. The normalized spacial score (nSPS) is 17.5. The Hall–Kier alpha value is -1.93. The van der Waals surface area contributed by atoms with Crippen LogP contribution >= 0.6 is 11.3 Å². The smallest absolute Gasteiger partial charge is 0.341 e. The Morgan fingerprint density at radius 2 is 2.04 bits per heavy atom. The predicted octanol–water partition coefficient (Wildman–Crippen LogP) is 2.46. The summed E-state index contributed by atoms with van der Waals surface area (Å²) in [5.41, 5.74) is 6.72. The molecule has 1 atom stereocenters. The van der Waals surface area contributed by atoms with Crippen molar-refractivity contribution in [1.29, 1.82) is 0 Å². The molecule has 3 N–H and O–H groups in total. The van der Waals surface area contributed by atoms with Gasteiger partial charge in [-0.15, -0.1) is 11.3 Å². The quantitative estimate of drug-likeness (QED) is 0.659. The van der Waals surface area contributed by atoms with Crippen molar-refractivity contribution in [3.05, 3.63) is 16.0 Å². The maximum absolute atomic E-state index is 12.6. The van der Waals surface area contributed by atoms with Crippen molar-refractivity contribution in [2.45, 2.75) is 58.9 Å². The molecule has 1 aromatic heterocycles. The summed E-state index contributed by atoms with van der Waals surface area (Å²) in [4.78, 5) is 39.3. The maximum atomic E-state index is 12.6. The molecule has 150 valence electrons. The molecule has 0 radical (unpaired) electrons. The molecule has 1 aliphatic heterocycles. The molecular weight excluding hydrogens is 366 g/mol. The van der Waals surface area contributed by atoms with Crippen molar-refractivity contribution >= 4 is 34.1 Å². The van der Waals surface area contributed by atoms with E-state index < -0.39 is 5.97 Å². The van der Waals surface area contributed by atoms with Gasteiger partial charge in [0.1, 0.15) is 5.00 Å². The number of carbonyl (C=O) groups is 3. The van der Waals surface area contributed by atoms with Gasteiger partial charge in [0.2, 0.25) is 11.8 Å². The van der Waals surface area contributed by atoms with Gasteiger partial charge < -0.3 is 15.8 Å². The lowest BCUT2D eigenvalue weighted by atomic mass is 9.99. The standard InChI is InChI=1S/C19H29N3O4S/c1-4-14-12(3)27-18(17(14)19(25)26-5-2)21-16(24)11-22-9-7-6-8-13(22)10-15(20)23/h13H,4-11H2,1-3H3,(H2,20,23)(H,21,24). The fourth-order valence-electron chi connectivity index (χ4n) is 3.59. The number of nitrogens with zero attached hydrogens (tertiary/aromatic N) is 1. The number of hydrogen-bond acceptors (Lipinski definition) is 6. The highest BCUT2D eigenvalue weighted by atomic mass is 32.1. The maximum Gasteiger partial charge on any atom is 0.341 e. The Labute approximate surface area is 164 Å². The number of nitrogens with one attached hydrogen (secondary N) is 1. The molecule has 1 saturated heterocycles. The second kappa shape index (κ2) is 9.85. The molecule has 2 amide bonds. The van der Waals surface area contributed by atoms with E-state index in [1.54, 1.807) is 6.92 Å². The molecule has 0 aliphatic carbocycles. The first-order chi connectivity index (χ1) is 12.9. The van der Waals surface area contributed by atoms with Gasteiger partial charge in [-0.3, -0.25) is 14.5 Å². The van der Waals surface area contributed by atoms with Crippen LogP contribution in [-0.2, 0) is 20.7 Å². The summed E-state index contributed by atoms with van der Waals surface area (Å²) in [7, 11) is 0. The van der Waals surface area contributed by atoms with E-state index in [0.717, 1.165) is 36.2 Å². The Morgan fingerprint density at radius 1 is 1.30 bits per heavy atom. The molecule has 7 nitrogen and oxygen atoms in total. The molecule has 0 saturated carbocycles. The van der Waals surface area contributed by atoms with Crippen LogP contribution in [-0.4, -0.2) is 48.4 Å². The molecule has 2 rings (SSSR count). The summed E-state index contributed by atoms with van der Waals surface area (Å²) >= 11 is 1.40. The zero-order valence-corrected chi connectivity index (χ0v) is 17.1. The Kier molecular flexibility index (Phi) is 7.79. The average molecular weight is 396 g/mol. The first-order valence-electron chi connectivity index (χ1n) is 9.48. The lowest BCUT2D eigenvalue weighted by Gasteiger charge is -2.34. The lowest BCUT2D eigenvalue weighted by Crippen LogP contribution is -2.45. The molecule has 2 heterocycles. The number of thiophene rings is 1. The fourth-order valence-corrected chi connectivity index (χ4v) is 4.74. The third-order valence-electron chi connectivity index (χ3n) is 4.83. The molecule has 0 bridgehead atoms. The van der Waals surface area contributed by atoms with Crippen molar-refractivity contribution in [1.82, 2.24) is 4.90 Å². The van der Waals surface area contributed by atoms with Crippen LogP contribution in [0.4, 0.5) is 5.00 Å². The van der Waals surface area contributed by atoms with Gasteiger partial charge in [0, 0.05) is 17.3 Å². The van der Waals surface area contributed by atoms with Crippen molar-refractivity contribution < 1.29 is 19.1 Å². The number of piperidine rings is 1. The number of likely N-dealkylation sites (tertiary alicyclic amines) is 1. The van der Waals surface area contributed by atoms with E-state index in [1.165, 1.54) is 11.3 Å². The largest absolute Gasteiger partial charge is 0.462 e. The molecule has 0 aromatic carbocycles. The summed E-state index contributed by atoms with van der Waals surface area (Å²) < 4.78 is 5.17. The predicted molar refractivity (Wildman–Crippen MR) is 106 cm³/mol. The van der Waals surface area contributed by atoms with Gasteiger partial charge in [-0.05, 0) is 45.2 Å². The number of anilines is 1. The van der Waals surface area contributed by atoms with E-state index in [0.29, 0.717) is 17.0 Å². The van der Waals surface area contributed by atoms with E-state index >= 15 is 0 Å². The van der Waals surface area contributed by atoms with E-state index in [4.69, 9.17) is 10.5 Å². The minimum absolute atomic E-state index is 0.00259. The van der Waals surface area contributed by atoms with Gasteiger partial charge in [0.05, 0.1) is 18.7 Å². The SMILES string of the molecule is CCOC(=O)c1c(NC(=O)CN2CCCCC2CC(N)=O)sc(C)c1CC. The third-order valence-corrected chi connectivity index (χ3v) is 5.89. The van der Waals surface area contributed by atoms with Gasteiger partial charge in [0.15, 0.2) is 0 Å². The molecular formula is C19H29N3O4S. The number of rotatable bonds is 8. The number of carbonyl (C=O) groups excluding carboxylic acids is 3. The monoisotopic (exact) mass is 395 g/mol. The van der Waals surface area contributed by atoms with Gasteiger partial charge in [-0.25, -0.2) is 4.79 Å². The summed E-state index contributed by atoms with van der Waals surface area (Å²) in [6.45, 7) is 6.91. The van der Waals surface area contributed by atoms with E-state index in [2.05, 4.69) is 5.32 Å². The number of aryl methyl sites for hydroxylation is 1. The minimum atomic E-state index is -0.404. The highest BCUT2D eigenvalue weighted by Crippen LogP contribution is 2.34. The number of ether oxygens (including phenoxy) is 1. The molecule has 0 spiro atoms. The van der Waals surface area contributed by atoms with Crippen LogP contribution in [0.2, 0.25) is 0 Å². The van der Waals surface area contributed by atoms with Crippen molar-refractivity contribution in [3.63, 3.8) is 0 Å². The third kappa shape index (κ3) is 5.52. The van der Waals surface area contributed by atoms with Gasteiger partial charge in [0.25, 0.3) is 0 Å². The molecule has 1 aromatic rings. The zero-order chi connectivity index (χ0) is 20.0. The second-order valence-corrected chi connectivity index (χ2v) is 7.98. The van der Waals surface area contributed by atoms with E-state index in [-0.39, 0.29) is 37.4 Å². The highest BCUT2D eigenvalue weighted by Gasteiger charge is 2.27. The highest BCUT2D eigenvalue weighted by molar-refractivity contribution is 7.16. The van der Waals surface area contributed by atoms with Crippen LogP contribution in [0.3, 0.4) is 0 Å². The molecule has 1 unspecified atom stereocenters. The summed E-state index contributed by atoms with van der Waals surface area (Å²) in [5.74, 6) is -0.947. The summed E-state index contributed by atoms with van der Waals surface area (Å²) in [5, 5.41) is 3.43. The number of primary amides is 1. The topological polar surface area (TPSA) is 102 Å². The van der Waals surface area contributed by atoms with Crippen molar-refractivity contribution in [3.8, 4) is 0 Å². The minimum Gasteiger partial charge on any atom is -0.462 e. The number of nitrogens with two attached hydrogens (primary N) is 1. The zero-order valence-electron chi connectivity index (χ0n) is 16.3.